The van der Waals surface area contributed by atoms with Crippen molar-refractivity contribution >= 4 is 10.1 Å². The minimum Gasteiger partial charge on any atom is -0.744 e. The Balaban J connectivity index is 0.00000225. The molecule has 0 aliphatic heterocycles. The molecule has 0 fully saturated rings. The summed E-state index contributed by atoms with van der Waals surface area (Å²) in [7, 11) is -2.79. The van der Waals surface area contributed by atoms with E-state index >= 15 is 0 Å². The van der Waals surface area contributed by atoms with Crippen LogP contribution in [0.5, 0.6) is 0 Å². The normalized spacial score (nSPS) is 10.9. The number of rotatable bonds is 4. The maximum absolute atomic E-state index is 10.8. The largest absolute Gasteiger partial charge is 1.00 e. The number of benzene rings is 1. The molecule has 16 heavy (non-hydrogen) atoms. The Labute approximate surface area is 118 Å². The van der Waals surface area contributed by atoms with E-state index in [1.165, 1.54) is 12.1 Å². The van der Waals surface area contributed by atoms with E-state index in [1.54, 1.807) is 14.0 Å². The van der Waals surface area contributed by atoms with Gasteiger partial charge >= 0.3 is 29.6 Å². The Bertz CT molecular complexity index is 442. The zero-order chi connectivity index (χ0) is 11.5. The van der Waals surface area contributed by atoms with Crippen molar-refractivity contribution in [2.24, 2.45) is 0 Å². The number of hydrogen-bond acceptors (Lipinski definition) is 4. The maximum atomic E-state index is 10.8. The molecule has 1 rings (SSSR count). The van der Waals surface area contributed by atoms with Crippen molar-refractivity contribution in [3.63, 3.8) is 0 Å². The predicted octanol–water partition coefficient (Wildman–Crippen LogP) is -1.91. The summed E-state index contributed by atoms with van der Waals surface area (Å²) in [4.78, 5) is -0.173. The van der Waals surface area contributed by atoms with Gasteiger partial charge in [0.1, 0.15) is 10.1 Å². The van der Waals surface area contributed by atoms with Crippen molar-refractivity contribution in [2.45, 2.75) is 18.2 Å². The molecule has 4 nitrogen and oxygen atoms in total. The van der Waals surface area contributed by atoms with Gasteiger partial charge in [0.25, 0.3) is 0 Å². The van der Waals surface area contributed by atoms with E-state index in [2.05, 4.69) is 0 Å². The molecule has 0 saturated carbocycles. The van der Waals surface area contributed by atoms with Crippen molar-refractivity contribution in [3.8, 4) is 0 Å². The first kappa shape index (κ1) is 16.1. The zero-order valence-corrected chi connectivity index (χ0v) is 12.5. The van der Waals surface area contributed by atoms with Crippen LogP contribution in [-0.4, -0.2) is 26.7 Å². The second-order valence-electron chi connectivity index (χ2n) is 3.35. The van der Waals surface area contributed by atoms with E-state index in [4.69, 9.17) is 4.74 Å². The van der Waals surface area contributed by atoms with Gasteiger partial charge in [-0.25, -0.2) is 8.42 Å². The van der Waals surface area contributed by atoms with Crippen molar-refractivity contribution in [1.82, 2.24) is 0 Å². The molecule has 6 heteroatoms. The Morgan fingerprint density at radius 1 is 1.31 bits per heavy atom. The smallest absolute Gasteiger partial charge is 0.744 e. The van der Waals surface area contributed by atoms with Crippen molar-refractivity contribution in [2.75, 3.05) is 13.7 Å². The predicted molar refractivity (Wildman–Crippen MR) is 54.7 cm³/mol. The van der Waals surface area contributed by atoms with E-state index in [-0.39, 0.29) is 34.5 Å². The van der Waals surface area contributed by atoms with Gasteiger partial charge in [-0.3, -0.25) is 0 Å². The molecule has 0 amide bonds. The quantitative estimate of drug-likeness (QED) is 0.463. The fraction of sp³-hybridized carbons (Fsp3) is 0.400. The van der Waals surface area contributed by atoms with E-state index in [0.717, 1.165) is 11.1 Å². The molecule has 0 heterocycles. The van der Waals surface area contributed by atoms with Crippen LogP contribution in [0.15, 0.2) is 23.1 Å². The van der Waals surface area contributed by atoms with Crippen molar-refractivity contribution in [3.05, 3.63) is 29.3 Å². The molecule has 1 aromatic rings. The molecule has 84 valence electrons. The second kappa shape index (κ2) is 6.74. The summed E-state index contributed by atoms with van der Waals surface area (Å²) in [6.07, 6.45) is 0.598. The van der Waals surface area contributed by atoms with Gasteiger partial charge in [-0.15, -0.1) is 0 Å². The molecular formula is C10H13NaO4S. The van der Waals surface area contributed by atoms with Crippen LogP contribution in [0.3, 0.4) is 0 Å². The fourth-order valence-electron chi connectivity index (χ4n) is 1.33. The molecule has 0 unspecified atom stereocenters. The van der Waals surface area contributed by atoms with Gasteiger partial charge in [-0.1, -0.05) is 6.07 Å². The van der Waals surface area contributed by atoms with Crippen LogP contribution < -0.4 is 29.6 Å². The third-order valence-corrected chi connectivity index (χ3v) is 2.81. The van der Waals surface area contributed by atoms with E-state index in [0.29, 0.717) is 13.0 Å². The van der Waals surface area contributed by atoms with Gasteiger partial charge in [0.2, 0.25) is 0 Å². The first-order valence-corrected chi connectivity index (χ1v) is 5.89. The topological polar surface area (TPSA) is 66.4 Å². The van der Waals surface area contributed by atoms with E-state index in [1.807, 2.05) is 6.07 Å². The summed E-state index contributed by atoms with van der Waals surface area (Å²) in [6, 6.07) is 4.61. The number of aryl methyl sites for hydroxylation is 1. The van der Waals surface area contributed by atoms with Crippen LogP contribution >= 0.6 is 0 Å². The van der Waals surface area contributed by atoms with Crippen LogP contribution in [-0.2, 0) is 21.3 Å². The summed E-state index contributed by atoms with van der Waals surface area (Å²) in [6.45, 7) is 2.26. The Morgan fingerprint density at radius 2 is 1.94 bits per heavy atom. The van der Waals surface area contributed by atoms with Crippen molar-refractivity contribution in [1.29, 1.82) is 0 Å². The molecule has 1 aromatic carbocycles. The number of ether oxygens (including phenoxy) is 1. The summed E-state index contributed by atoms with van der Waals surface area (Å²) in [5, 5.41) is 0. The van der Waals surface area contributed by atoms with Gasteiger partial charge in [0.15, 0.2) is 0 Å². The molecule has 0 saturated heterocycles. The molecule has 0 N–H and O–H groups in total. The minimum absolute atomic E-state index is 0. The summed E-state index contributed by atoms with van der Waals surface area (Å²) >= 11 is 0. The molecule has 0 aliphatic carbocycles. The first-order chi connectivity index (χ1) is 6.93. The van der Waals surface area contributed by atoms with Crippen LogP contribution in [0.2, 0.25) is 0 Å². The van der Waals surface area contributed by atoms with Gasteiger partial charge in [0.05, 0.1) is 11.5 Å². The molecule has 0 bridgehead atoms. The fourth-order valence-corrected chi connectivity index (χ4v) is 1.96. The number of methoxy groups -OCH3 is 1. The average Bonchev–Trinajstić information content (AvgIpc) is 2.12. The Kier molecular flexibility index (Phi) is 6.77. The maximum Gasteiger partial charge on any atom is 1.00 e. The third kappa shape index (κ3) is 4.95. The Morgan fingerprint density at radius 3 is 2.44 bits per heavy atom. The van der Waals surface area contributed by atoms with Crippen LogP contribution in [0.1, 0.15) is 11.1 Å². The SMILES string of the molecule is COCCc1cc(C)cc(S(=O)(=O)[O-])c1.[Na+]. The zero-order valence-electron chi connectivity index (χ0n) is 9.69. The van der Waals surface area contributed by atoms with E-state index in [9.17, 15) is 13.0 Å². The molecule has 0 aliphatic rings. The molecular weight excluding hydrogens is 239 g/mol. The average molecular weight is 252 g/mol. The second-order valence-corrected chi connectivity index (χ2v) is 4.73. The summed E-state index contributed by atoms with van der Waals surface area (Å²) in [5.41, 5.74) is 1.56. The Hall–Kier alpha value is 0.0900. The number of hydrogen-bond donors (Lipinski definition) is 0. The van der Waals surface area contributed by atoms with Gasteiger partial charge in [0, 0.05) is 7.11 Å². The molecule has 0 aromatic heterocycles. The van der Waals surface area contributed by atoms with Crippen LogP contribution in [0.25, 0.3) is 0 Å². The third-order valence-electron chi connectivity index (χ3n) is 1.99. The van der Waals surface area contributed by atoms with Crippen LogP contribution in [0.4, 0.5) is 0 Å². The van der Waals surface area contributed by atoms with E-state index < -0.39 is 10.1 Å². The summed E-state index contributed by atoms with van der Waals surface area (Å²) in [5.74, 6) is 0. The molecule has 0 atom stereocenters. The standard InChI is InChI=1S/C10H14O4S.Na/c1-8-5-9(3-4-14-2)7-10(6-8)15(11,12)13;/h5-7H,3-4H2,1-2H3,(H,11,12,13);/q;+1/p-1. The van der Waals surface area contributed by atoms with Gasteiger partial charge < -0.3 is 9.29 Å². The minimum atomic E-state index is -4.36. The molecule has 0 radical (unpaired) electrons. The molecule has 0 spiro atoms. The van der Waals surface area contributed by atoms with Crippen molar-refractivity contribution < 1.29 is 47.3 Å². The summed E-state index contributed by atoms with van der Waals surface area (Å²) < 4.78 is 37.4. The monoisotopic (exact) mass is 252 g/mol. The van der Waals surface area contributed by atoms with Gasteiger partial charge in [-0.05, 0) is 36.6 Å². The van der Waals surface area contributed by atoms with Gasteiger partial charge in [-0.2, -0.15) is 0 Å². The van der Waals surface area contributed by atoms with Crippen LogP contribution in [0, 0.1) is 6.92 Å². The first-order valence-electron chi connectivity index (χ1n) is 4.49.